The van der Waals surface area contributed by atoms with E-state index in [9.17, 15) is 24.0 Å². The number of amides is 4. The van der Waals surface area contributed by atoms with Crippen molar-refractivity contribution >= 4 is 29.8 Å². The second kappa shape index (κ2) is 18.3. The minimum Gasteiger partial charge on any atom is -0.464 e. The van der Waals surface area contributed by atoms with Crippen molar-refractivity contribution in [2.45, 2.75) is 85.0 Å². The molecular formula is C41H52N4O7. The first-order chi connectivity index (χ1) is 24.8. The van der Waals surface area contributed by atoms with Crippen LogP contribution in [-0.4, -0.2) is 67.2 Å². The van der Waals surface area contributed by atoms with Crippen molar-refractivity contribution in [1.82, 2.24) is 21.3 Å². The molecule has 4 N–H and O–H groups in total. The Morgan fingerprint density at radius 3 is 1.50 bits per heavy atom. The Kier molecular flexibility index (Phi) is 14.0. The van der Waals surface area contributed by atoms with Gasteiger partial charge in [0.1, 0.15) is 30.8 Å². The van der Waals surface area contributed by atoms with Gasteiger partial charge in [0.15, 0.2) is 0 Å². The van der Waals surface area contributed by atoms with Gasteiger partial charge in [-0.25, -0.2) is 9.59 Å². The van der Waals surface area contributed by atoms with Gasteiger partial charge in [-0.1, -0.05) is 120 Å². The van der Waals surface area contributed by atoms with Gasteiger partial charge in [-0.3, -0.25) is 14.4 Å². The summed E-state index contributed by atoms with van der Waals surface area (Å²) in [7, 11) is 0. The SMILES string of the molecule is CCOC(=O)[C@H](Cc1ccccc1)NC(=O)[C@@H](NC(=O)[C@@H](NC(=O)[C@@H](NC(=O)OCC1c2ccccc2-c2ccccc21)C(C)C)C(C)C)C(C)C. The Bertz CT molecular complexity index is 1660. The van der Waals surface area contributed by atoms with E-state index in [1.807, 2.05) is 66.7 Å². The summed E-state index contributed by atoms with van der Waals surface area (Å²) in [5.41, 5.74) is 5.18. The zero-order valence-electron chi connectivity index (χ0n) is 31.1. The summed E-state index contributed by atoms with van der Waals surface area (Å²) in [5, 5.41) is 11.0. The number of alkyl carbamates (subject to hydrolysis) is 1. The van der Waals surface area contributed by atoms with E-state index in [0.29, 0.717) is 0 Å². The molecule has 0 aromatic heterocycles. The third kappa shape index (κ3) is 9.98. The maximum atomic E-state index is 13.7. The molecule has 52 heavy (non-hydrogen) atoms. The summed E-state index contributed by atoms with van der Waals surface area (Å²) in [4.78, 5) is 66.8. The van der Waals surface area contributed by atoms with E-state index in [1.165, 1.54) is 0 Å². The van der Waals surface area contributed by atoms with E-state index in [1.54, 1.807) is 48.5 Å². The molecule has 0 saturated heterocycles. The molecule has 11 nitrogen and oxygen atoms in total. The van der Waals surface area contributed by atoms with Crippen molar-refractivity contribution in [2.75, 3.05) is 13.2 Å². The summed E-state index contributed by atoms with van der Waals surface area (Å²) in [5.74, 6) is -3.47. The lowest BCUT2D eigenvalue weighted by molar-refractivity contribution is -0.147. The van der Waals surface area contributed by atoms with Gasteiger partial charge in [0, 0.05) is 12.3 Å². The lowest BCUT2D eigenvalue weighted by Gasteiger charge is -2.30. The van der Waals surface area contributed by atoms with Gasteiger partial charge in [-0.2, -0.15) is 0 Å². The predicted octanol–water partition coefficient (Wildman–Crippen LogP) is 5.12. The first kappa shape index (κ1) is 39.6. The first-order valence-corrected chi connectivity index (χ1v) is 18.0. The third-order valence-corrected chi connectivity index (χ3v) is 9.23. The van der Waals surface area contributed by atoms with Crippen molar-refractivity contribution in [3.05, 3.63) is 95.6 Å². The summed E-state index contributed by atoms with van der Waals surface area (Å²) in [6.45, 7) is 12.6. The minimum absolute atomic E-state index is 0.0876. The molecule has 4 amide bonds. The van der Waals surface area contributed by atoms with Crippen molar-refractivity contribution in [3.8, 4) is 11.1 Å². The number of carbonyl (C=O) groups excluding carboxylic acids is 5. The quantitative estimate of drug-likeness (QED) is 0.151. The highest BCUT2D eigenvalue weighted by molar-refractivity contribution is 5.95. The van der Waals surface area contributed by atoms with E-state index < -0.39 is 54.0 Å². The second-order valence-corrected chi connectivity index (χ2v) is 14.2. The first-order valence-electron chi connectivity index (χ1n) is 18.0. The summed E-state index contributed by atoms with van der Waals surface area (Å²) < 4.78 is 10.9. The number of ether oxygens (including phenoxy) is 2. The van der Waals surface area contributed by atoms with Crippen LogP contribution < -0.4 is 21.3 Å². The highest BCUT2D eigenvalue weighted by Crippen LogP contribution is 2.44. The zero-order chi connectivity index (χ0) is 37.9. The van der Waals surface area contributed by atoms with Gasteiger partial charge in [0.2, 0.25) is 17.7 Å². The van der Waals surface area contributed by atoms with Crippen LogP contribution in [0.15, 0.2) is 78.9 Å². The average Bonchev–Trinajstić information content (AvgIpc) is 3.43. The molecule has 0 bridgehead atoms. The molecule has 0 fully saturated rings. The number of hydrogen-bond acceptors (Lipinski definition) is 7. The van der Waals surface area contributed by atoms with Gasteiger partial charge in [-0.15, -0.1) is 0 Å². The number of fused-ring (bicyclic) bond motifs is 3. The maximum Gasteiger partial charge on any atom is 0.407 e. The third-order valence-electron chi connectivity index (χ3n) is 9.23. The van der Waals surface area contributed by atoms with Crippen LogP contribution in [0.25, 0.3) is 11.1 Å². The van der Waals surface area contributed by atoms with E-state index in [-0.39, 0.29) is 43.3 Å². The Morgan fingerprint density at radius 1 is 0.577 bits per heavy atom. The molecule has 0 unspecified atom stereocenters. The van der Waals surface area contributed by atoms with Gasteiger partial charge in [0.25, 0.3) is 0 Å². The number of nitrogens with one attached hydrogen (secondary N) is 4. The van der Waals surface area contributed by atoms with Gasteiger partial charge < -0.3 is 30.7 Å². The summed E-state index contributed by atoms with van der Waals surface area (Å²) in [6, 6.07) is 21.3. The molecule has 278 valence electrons. The monoisotopic (exact) mass is 712 g/mol. The van der Waals surface area contributed by atoms with Crippen molar-refractivity contribution in [3.63, 3.8) is 0 Å². The highest BCUT2D eigenvalue weighted by atomic mass is 16.5. The molecule has 3 aromatic carbocycles. The van der Waals surface area contributed by atoms with Crippen molar-refractivity contribution in [2.24, 2.45) is 17.8 Å². The lowest BCUT2D eigenvalue weighted by atomic mass is 9.97. The second-order valence-electron chi connectivity index (χ2n) is 14.2. The van der Waals surface area contributed by atoms with Crippen LogP contribution in [0.3, 0.4) is 0 Å². The van der Waals surface area contributed by atoms with Crippen LogP contribution in [0.4, 0.5) is 4.79 Å². The normalized spacial score (nSPS) is 14.4. The number of carbonyl (C=O) groups is 5. The Balaban J connectivity index is 1.40. The van der Waals surface area contributed by atoms with Gasteiger partial charge in [-0.05, 0) is 52.5 Å². The van der Waals surface area contributed by atoms with E-state index in [4.69, 9.17) is 9.47 Å². The molecule has 0 spiro atoms. The van der Waals surface area contributed by atoms with Crippen LogP contribution in [-0.2, 0) is 35.1 Å². The lowest BCUT2D eigenvalue weighted by Crippen LogP contribution is -2.60. The van der Waals surface area contributed by atoms with Crippen LogP contribution in [0.5, 0.6) is 0 Å². The molecule has 11 heteroatoms. The van der Waals surface area contributed by atoms with Crippen LogP contribution >= 0.6 is 0 Å². The number of benzene rings is 3. The van der Waals surface area contributed by atoms with Gasteiger partial charge >= 0.3 is 12.1 Å². The number of rotatable bonds is 16. The highest BCUT2D eigenvalue weighted by Gasteiger charge is 2.35. The molecular weight excluding hydrogens is 660 g/mol. The van der Waals surface area contributed by atoms with Crippen LogP contribution in [0.1, 0.15) is 71.1 Å². The average molecular weight is 713 g/mol. The number of esters is 1. The minimum atomic E-state index is -1.03. The Labute approximate surface area is 306 Å². The molecule has 4 atom stereocenters. The van der Waals surface area contributed by atoms with E-state index in [2.05, 4.69) is 33.4 Å². The van der Waals surface area contributed by atoms with Crippen molar-refractivity contribution in [1.29, 1.82) is 0 Å². The fourth-order valence-corrected chi connectivity index (χ4v) is 6.41. The molecule has 1 aliphatic rings. The topological polar surface area (TPSA) is 152 Å². The molecule has 0 heterocycles. The van der Waals surface area contributed by atoms with Crippen LogP contribution in [0.2, 0.25) is 0 Å². The summed E-state index contributed by atoms with van der Waals surface area (Å²) in [6.07, 6.45) is -0.535. The fourth-order valence-electron chi connectivity index (χ4n) is 6.41. The van der Waals surface area contributed by atoms with Crippen molar-refractivity contribution < 1.29 is 33.4 Å². The molecule has 3 aromatic rings. The Morgan fingerprint density at radius 2 is 1.02 bits per heavy atom. The largest absolute Gasteiger partial charge is 0.464 e. The van der Waals surface area contributed by atoms with Gasteiger partial charge in [0.05, 0.1) is 6.61 Å². The maximum absolute atomic E-state index is 13.7. The van der Waals surface area contributed by atoms with Crippen LogP contribution in [0, 0.1) is 17.8 Å². The smallest absolute Gasteiger partial charge is 0.407 e. The fraction of sp³-hybridized carbons (Fsp3) is 0.439. The van der Waals surface area contributed by atoms with E-state index in [0.717, 1.165) is 27.8 Å². The molecule has 0 radical (unpaired) electrons. The summed E-state index contributed by atoms with van der Waals surface area (Å²) >= 11 is 0. The Hall–Kier alpha value is -5.19. The molecule has 0 aliphatic heterocycles. The van der Waals surface area contributed by atoms with E-state index >= 15 is 0 Å². The molecule has 0 saturated carbocycles. The standard InChI is InChI=1S/C41H52N4O7/c1-8-51-40(49)33(22-27-16-10-9-11-17-27)42-37(46)34(24(2)3)43-38(47)35(25(4)5)44-39(48)36(26(6)7)45-41(50)52-23-32-30-20-14-12-18-28(30)29-19-13-15-21-31(29)32/h9-21,24-26,32-36H,8,22-23H2,1-7H3,(H,42,46)(H,43,47)(H,44,48)(H,45,50)/t33-,34-,35-,36-/m0/s1. The zero-order valence-corrected chi connectivity index (χ0v) is 31.1. The molecule has 1 aliphatic carbocycles. The number of hydrogen-bond donors (Lipinski definition) is 4. The molecule has 4 rings (SSSR count). The predicted molar refractivity (Wildman–Crippen MR) is 199 cm³/mol.